The van der Waals surface area contributed by atoms with Crippen molar-refractivity contribution in [1.82, 2.24) is 0 Å². The van der Waals surface area contributed by atoms with Gasteiger partial charge in [-0.15, -0.1) is 0 Å². The van der Waals surface area contributed by atoms with Crippen LogP contribution in [0.4, 0.5) is 0 Å². The number of nitrogens with two attached hydrogens (primary N) is 1. The van der Waals surface area contributed by atoms with Crippen molar-refractivity contribution in [2.45, 2.75) is 9.04 Å². The van der Waals surface area contributed by atoms with E-state index in [-0.39, 0.29) is 5.17 Å². The van der Waals surface area contributed by atoms with Gasteiger partial charge < -0.3 is 5.73 Å². The molecule has 0 saturated heterocycles. The minimum atomic E-state index is -1.63. The van der Waals surface area contributed by atoms with E-state index in [9.17, 15) is 4.79 Å². The largest absolute Gasteiger partial charge is 0.378 e. The Kier molecular flexibility index (Phi) is 2.59. The number of rotatable bonds is 0. The standard InChI is InChI=1S/C4H3Cl3N2OS/c5-4(6,7)1-2(10)9-3(8)11-1/h1H,(H2,8,9,10). The summed E-state index contributed by atoms with van der Waals surface area (Å²) in [6.45, 7) is 0. The zero-order valence-corrected chi connectivity index (χ0v) is 8.14. The molecule has 0 aromatic rings. The van der Waals surface area contributed by atoms with Crippen molar-refractivity contribution in [2.24, 2.45) is 10.7 Å². The average molecular weight is 234 g/mol. The van der Waals surface area contributed by atoms with Crippen LogP contribution in [0.25, 0.3) is 0 Å². The second-order valence-electron chi connectivity index (χ2n) is 1.83. The van der Waals surface area contributed by atoms with Crippen molar-refractivity contribution in [3.63, 3.8) is 0 Å². The van der Waals surface area contributed by atoms with Crippen LogP contribution in [-0.2, 0) is 4.79 Å². The van der Waals surface area contributed by atoms with Crippen LogP contribution in [-0.4, -0.2) is 20.1 Å². The number of amides is 1. The van der Waals surface area contributed by atoms with Crippen LogP contribution < -0.4 is 5.73 Å². The third-order valence-corrected chi connectivity index (χ3v) is 3.15. The lowest BCUT2D eigenvalue weighted by Gasteiger charge is -2.14. The monoisotopic (exact) mass is 232 g/mol. The molecule has 3 nitrogen and oxygen atoms in total. The normalized spacial score (nSPS) is 25.5. The number of aliphatic imine (C=N–C) groups is 1. The molecule has 1 atom stereocenters. The summed E-state index contributed by atoms with van der Waals surface area (Å²) in [5.74, 6) is -0.493. The van der Waals surface area contributed by atoms with Gasteiger partial charge in [-0.2, -0.15) is 4.99 Å². The first kappa shape index (κ1) is 9.45. The van der Waals surface area contributed by atoms with Crippen molar-refractivity contribution < 1.29 is 4.79 Å². The van der Waals surface area contributed by atoms with E-state index < -0.39 is 14.9 Å². The van der Waals surface area contributed by atoms with Crippen molar-refractivity contribution in [1.29, 1.82) is 0 Å². The highest BCUT2D eigenvalue weighted by atomic mass is 35.6. The molecule has 1 rings (SSSR count). The Morgan fingerprint density at radius 1 is 1.55 bits per heavy atom. The van der Waals surface area contributed by atoms with Gasteiger partial charge in [-0.1, -0.05) is 46.6 Å². The summed E-state index contributed by atoms with van der Waals surface area (Å²) in [6, 6.07) is 0. The molecule has 1 aliphatic rings. The molecule has 0 spiro atoms. The molecule has 0 radical (unpaired) electrons. The number of halogens is 3. The molecule has 7 heteroatoms. The number of hydrogen-bond donors (Lipinski definition) is 1. The molecule has 0 saturated carbocycles. The van der Waals surface area contributed by atoms with Crippen molar-refractivity contribution in [3.05, 3.63) is 0 Å². The van der Waals surface area contributed by atoms with E-state index in [4.69, 9.17) is 40.5 Å². The Hall–Kier alpha value is 0.360. The summed E-state index contributed by atoms with van der Waals surface area (Å²) in [6.07, 6.45) is 0. The highest BCUT2D eigenvalue weighted by Gasteiger charge is 2.43. The summed E-state index contributed by atoms with van der Waals surface area (Å²) >= 11 is 17.3. The molecule has 1 amide bonds. The number of thioether (sulfide) groups is 1. The lowest BCUT2D eigenvalue weighted by molar-refractivity contribution is -0.117. The van der Waals surface area contributed by atoms with E-state index in [1.807, 2.05) is 0 Å². The SMILES string of the molecule is NC1=NC(=O)C(C(Cl)(Cl)Cl)S1. The Bertz CT molecular complexity index is 224. The van der Waals surface area contributed by atoms with Gasteiger partial charge in [0.2, 0.25) is 3.79 Å². The van der Waals surface area contributed by atoms with Crippen LogP contribution in [0.3, 0.4) is 0 Å². The van der Waals surface area contributed by atoms with Gasteiger partial charge in [-0.05, 0) is 0 Å². The van der Waals surface area contributed by atoms with Crippen molar-refractivity contribution in [3.8, 4) is 0 Å². The summed E-state index contributed by atoms with van der Waals surface area (Å²) in [4.78, 5) is 14.3. The molecule has 0 aliphatic carbocycles. The van der Waals surface area contributed by atoms with Crippen LogP contribution in [0.5, 0.6) is 0 Å². The number of nitrogens with zero attached hydrogens (tertiary/aromatic N) is 1. The zero-order chi connectivity index (χ0) is 8.65. The lowest BCUT2D eigenvalue weighted by Crippen LogP contribution is -2.27. The first-order valence-electron chi connectivity index (χ1n) is 2.52. The molecule has 1 heterocycles. The first-order valence-corrected chi connectivity index (χ1v) is 4.54. The maximum Gasteiger partial charge on any atom is 0.266 e. The van der Waals surface area contributed by atoms with Crippen molar-refractivity contribution in [2.75, 3.05) is 0 Å². The molecule has 0 fully saturated rings. The van der Waals surface area contributed by atoms with Gasteiger partial charge >= 0.3 is 0 Å². The molecule has 1 aliphatic heterocycles. The summed E-state index contributed by atoms with van der Waals surface area (Å²) < 4.78 is -1.63. The molecular weight excluding hydrogens is 230 g/mol. The maximum absolute atomic E-state index is 10.9. The van der Waals surface area contributed by atoms with E-state index in [0.29, 0.717) is 0 Å². The minimum absolute atomic E-state index is 0.145. The van der Waals surface area contributed by atoms with Gasteiger partial charge in [-0.25, -0.2) is 0 Å². The summed E-state index contributed by atoms with van der Waals surface area (Å²) in [5.41, 5.74) is 5.23. The van der Waals surface area contributed by atoms with Gasteiger partial charge in [0.25, 0.3) is 5.91 Å². The van der Waals surface area contributed by atoms with Gasteiger partial charge in [0.05, 0.1) is 0 Å². The highest BCUT2D eigenvalue weighted by Crippen LogP contribution is 2.40. The van der Waals surface area contributed by atoms with E-state index in [2.05, 4.69) is 4.99 Å². The molecular formula is C4H3Cl3N2OS. The number of amidine groups is 1. The molecule has 0 bridgehead atoms. The second-order valence-corrected chi connectivity index (χ2v) is 5.32. The quantitative estimate of drug-likeness (QED) is 0.642. The molecule has 1 unspecified atom stereocenters. The van der Waals surface area contributed by atoms with Gasteiger partial charge in [0.15, 0.2) is 5.17 Å². The zero-order valence-electron chi connectivity index (χ0n) is 5.05. The predicted octanol–water partition coefficient (Wildman–Crippen LogP) is 1.31. The second kappa shape index (κ2) is 3.01. The smallest absolute Gasteiger partial charge is 0.266 e. The van der Waals surface area contributed by atoms with Crippen LogP contribution in [0.1, 0.15) is 0 Å². The van der Waals surface area contributed by atoms with Crippen LogP contribution >= 0.6 is 46.6 Å². The molecule has 11 heavy (non-hydrogen) atoms. The van der Waals surface area contributed by atoms with Crippen LogP contribution in [0.15, 0.2) is 4.99 Å². The third-order valence-electron chi connectivity index (χ3n) is 0.981. The van der Waals surface area contributed by atoms with Crippen LogP contribution in [0.2, 0.25) is 0 Å². The Labute approximate surface area is 82.3 Å². The average Bonchev–Trinajstić information content (AvgIpc) is 2.08. The number of hydrogen-bond acceptors (Lipinski definition) is 3. The Morgan fingerprint density at radius 3 is 2.27 bits per heavy atom. The number of carbonyl (C=O) groups excluding carboxylic acids is 1. The molecule has 62 valence electrons. The van der Waals surface area contributed by atoms with Crippen LogP contribution in [0, 0.1) is 0 Å². The highest BCUT2D eigenvalue weighted by molar-refractivity contribution is 8.15. The molecule has 2 N–H and O–H groups in total. The fraction of sp³-hybridized carbons (Fsp3) is 0.500. The number of carbonyl (C=O) groups is 1. The van der Waals surface area contributed by atoms with Gasteiger partial charge in [0.1, 0.15) is 5.25 Å². The topological polar surface area (TPSA) is 55.4 Å². The fourth-order valence-corrected chi connectivity index (χ4v) is 1.92. The Morgan fingerprint density at radius 2 is 2.09 bits per heavy atom. The summed E-state index contributed by atoms with van der Waals surface area (Å²) in [7, 11) is 0. The predicted molar refractivity (Wildman–Crippen MR) is 48.3 cm³/mol. The summed E-state index contributed by atoms with van der Waals surface area (Å²) in [5, 5.41) is -0.654. The van der Waals surface area contributed by atoms with E-state index >= 15 is 0 Å². The molecule has 0 aromatic carbocycles. The lowest BCUT2D eigenvalue weighted by atomic mass is 10.4. The maximum atomic E-state index is 10.9. The van der Waals surface area contributed by atoms with E-state index in [0.717, 1.165) is 11.8 Å². The minimum Gasteiger partial charge on any atom is -0.378 e. The third kappa shape index (κ3) is 2.15. The number of alkyl halides is 3. The van der Waals surface area contributed by atoms with Crippen molar-refractivity contribution >= 4 is 57.6 Å². The van der Waals surface area contributed by atoms with Gasteiger partial charge in [-0.3, -0.25) is 4.79 Å². The Balaban J connectivity index is 2.75. The fourth-order valence-electron chi connectivity index (χ4n) is 0.572. The molecule has 0 aromatic heterocycles. The van der Waals surface area contributed by atoms with Gasteiger partial charge in [0, 0.05) is 0 Å². The van der Waals surface area contributed by atoms with E-state index in [1.165, 1.54) is 0 Å². The first-order chi connectivity index (χ1) is 4.91. The van der Waals surface area contributed by atoms with E-state index in [1.54, 1.807) is 0 Å².